The van der Waals surface area contributed by atoms with Gasteiger partial charge in [-0.1, -0.05) is 146 Å². The Kier molecular flexibility index (Phi) is 7.92. The van der Waals surface area contributed by atoms with E-state index in [4.69, 9.17) is 5.73 Å². The SMILES string of the molecule is CNC1/C=C\C=C(/c2ccccc2)c2ccc([nH]2)/C(c2ccccc2)=C2/C=CC3(N2)C(=C3c2ccccc2)/C=C\C(N)=C\1c1ccccc1. The lowest BCUT2D eigenvalue weighted by Gasteiger charge is -2.19. The molecule has 2 unspecified atom stereocenters. The first-order valence-electron chi connectivity index (χ1n) is 16.8. The summed E-state index contributed by atoms with van der Waals surface area (Å²) in [7, 11) is 1.98. The fourth-order valence-electron chi connectivity index (χ4n) is 7.20. The Hall–Kier alpha value is -6.10. The number of hydrogen-bond donors (Lipinski definition) is 4. The second kappa shape index (κ2) is 12.8. The summed E-state index contributed by atoms with van der Waals surface area (Å²) in [5.74, 6) is 0. The van der Waals surface area contributed by atoms with E-state index < -0.39 is 5.54 Å². The second-order valence-electron chi connectivity index (χ2n) is 12.5. The molecule has 238 valence electrons. The number of aromatic nitrogens is 1. The fraction of sp³-hybridized carbons (Fsp3) is 0.0667. The molecule has 8 rings (SSSR count). The number of fused-ring (bicyclic) bond motifs is 3. The molecule has 2 atom stereocenters. The first kappa shape index (κ1) is 30.2. The molecule has 4 bridgehead atoms. The van der Waals surface area contributed by atoms with Crippen molar-refractivity contribution in [3.63, 3.8) is 0 Å². The lowest BCUT2D eigenvalue weighted by atomic mass is 9.95. The number of hydrogen-bond acceptors (Lipinski definition) is 3. The van der Waals surface area contributed by atoms with Crippen molar-refractivity contribution in [2.24, 2.45) is 5.73 Å². The molecule has 3 aliphatic rings. The van der Waals surface area contributed by atoms with Gasteiger partial charge in [-0.15, -0.1) is 0 Å². The number of H-pyrrole nitrogens is 1. The zero-order chi connectivity index (χ0) is 33.2. The van der Waals surface area contributed by atoms with Gasteiger partial charge >= 0.3 is 0 Å². The molecule has 4 nitrogen and oxygen atoms in total. The Bertz CT molecular complexity index is 2210. The maximum atomic E-state index is 7.04. The van der Waals surface area contributed by atoms with Crippen molar-refractivity contribution < 1.29 is 0 Å². The molecule has 1 spiro atoms. The highest BCUT2D eigenvalue weighted by Gasteiger charge is 2.53. The van der Waals surface area contributed by atoms with Gasteiger partial charge in [0.05, 0.1) is 6.04 Å². The van der Waals surface area contributed by atoms with E-state index in [0.29, 0.717) is 5.70 Å². The zero-order valence-electron chi connectivity index (χ0n) is 27.4. The average Bonchev–Trinajstić information content (AvgIpc) is 3.42. The monoisotopic (exact) mass is 634 g/mol. The molecule has 0 amide bonds. The quantitative estimate of drug-likeness (QED) is 0.157. The van der Waals surface area contributed by atoms with Gasteiger partial charge in [0, 0.05) is 39.5 Å². The van der Waals surface area contributed by atoms with Crippen LogP contribution in [0.4, 0.5) is 0 Å². The third-order valence-electron chi connectivity index (χ3n) is 9.60. The fourth-order valence-corrected chi connectivity index (χ4v) is 7.20. The number of likely N-dealkylation sites (N-methyl/N-ethyl adjacent to an activating group) is 1. The van der Waals surface area contributed by atoms with Crippen molar-refractivity contribution in [1.82, 2.24) is 15.6 Å². The number of aromatic amines is 1. The zero-order valence-corrected chi connectivity index (χ0v) is 27.4. The van der Waals surface area contributed by atoms with E-state index in [0.717, 1.165) is 50.5 Å². The van der Waals surface area contributed by atoms with Crippen LogP contribution in [0.3, 0.4) is 0 Å². The highest BCUT2D eigenvalue weighted by molar-refractivity contribution is 6.01. The van der Waals surface area contributed by atoms with E-state index in [1.165, 1.54) is 16.7 Å². The van der Waals surface area contributed by atoms with Gasteiger partial charge in [-0.25, -0.2) is 0 Å². The number of allylic oxidation sites excluding steroid dienone is 4. The Morgan fingerprint density at radius 2 is 1.22 bits per heavy atom. The lowest BCUT2D eigenvalue weighted by Crippen LogP contribution is -2.29. The lowest BCUT2D eigenvalue weighted by molar-refractivity contribution is 0.771. The first-order chi connectivity index (χ1) is 24.2. The average molecular weight is 635 g/mol. The summed E-state index contributed by atoms with van der Waals surface area (Å²) in [6, 6.07) is 46.4. The second-order valence-corrected chi connectivity index (χ2v) is 12.5. The van der Waals surface area contributed by atoms with Gasteiger partial charge in [-0.3, -0.25) is 0 Å². The predicted molar refractivity (Wildman–Crippen MR) is 204 cm³/mol. The molecule has 1 aromatic heterocycles. The molecule has 0 saturated heterocycles. The molecule has 2 aliphatic heterocycles. The van der Waals surface area contributed by atoms with Crippen LogP contribution >= 0.6 is 0 Å². The maximum absolute atomic E-state index is 7.04. The van der Waals surface area contributed by atoms with E-state index >= 15 is 0 Å². The van der Waals surface area contributed by atoms with Crippen LogP contribution in [0.15, 0.2) is 193 Å². The van der Waals surface area contributed by atoms with E-state index in [1.807, 2.05) is 13.1 Å². The number of rotatable bonds is 5. The van der Waals surface area contributed by atoms with Crippen molar-refractivity contribution in [3.8, 4) is 0 Å². The van der Waals surface area contributed by atoms with Crippen LogP contribution in [0.25, 0.3) is 22.3 Å². The van der Waals surface area contributed by atoms with Crippen molar-refractivity contribution in [2.75, 3.05) is 7.05 Å². The highest BCUT2D eigenvalue weighted by atomic mass is 15.1. The largest absolute Gasteiger partial charge is 0.398 e. The number of benzene rings is 4. The van der Waals surface area contributed by atoms with Gasteiger partial charge in [0.15, 0.2) is 0 Å². The molecular formula is C45H38N4. The van der Waals surface area contributed by atoms with Crippen molar-refractivity contribution >= 4 is 22.3 Å². The molecule has 0 radical (unpaired) electrons. The molecule has 0 fully saturated rings. The first-order valence-corrected chi connectivity index (χ1v) is 16.8. The summed E-state index contributed by atoms with van der Waals surface area (Å²) < 4.78 is 0. The predicted octanol–water partition coefficient (Wildman–Crippen LogP) is 8.66. The molecular weight excluding hydrogens is 597 g/mol. The molecule has 0 saturated carbocycles. The molecule has 49 heavy (non-hydrogen) atoms. The Morgan fingerprint density at radius 1 is 0.633 bits per heavy atom. The third-order valence-corrected chi connectivity index (χ3v) is 9.60. The van der Waals surface area contributed by atoms with Gasteiger partial charge in [0.2, 0.25) is 0 Å². The topological polar surface area (TPSA) is 65.9 Å². The van der Waals surface area contributed by atoms with Crippen LogP contribution in [0.5, 0.6) is 0 Å². The van der Waals surface area contributed by atoms with Gasteiger partial charge in [-0.05, 0) is 70.8 Å². The molecule has 4 aromatic carbocycles. The normalized spacial score (nSPS) is 25.5. The van der Waals surface area contributed by atoms with Crippen LogP contribution in [-0.2, 0) is 0 Å². The van der Waals surface area contributed by atoms with Crippen molar-refractivity contribution in [2.45, 2.75) is 11.6 Å². The van der Waals surface area contributed by atoms with Crippen LogP contribution in [0.1, 0.15) is 33.6 Å². The minimum Gasteiger partial charge on any atom is -0.398 e. The van der Waals surface area contributed by atoms with Crippen LogP contribution in [0, 0.1) is 0 Å². The molecule has 1 aliphatic carbocycles. The summed E-state index contributed by atoms with van der Waals surface area (Å²) >= 11 is 0. The summed E-state index contributed by atoms with van der Waals surface area (Å²) in [6.07, 6.45) is 15.3. The Morgan fingerprint density at radius 3 is 1.88 bits per heavy atom. The standard InChI is InChI=1S/C45H38N4/c1-47-39-24-14-23-35(31-15-6-2-7-16-31)38-27-28-40(48-38)43(33-19-10-4-11-20-33)41-29-30-45(49-41)36(44(45)34-21-12-5-13-22-34)25-26-37(46)42(39)32-17-8-3-9-18-32/h2-30,39,47-49H,46H2,1H3/b24-14-,26-25-,35-23+,42-37-,43-41-. The number of nitrogens with two attached hydrogens (primary N) is 1. The molecule has 5 N–H and O–H groups in total. The van der Waals surface area contributed by atoms with E-state index in [1.54, 1.807) is 0 Å². The van der Waals surface area contributed by atoms with Crippen LogP contribution in [0.2, 0.25) is 0 Å². The minimum absolute atomic E-state index is 0.131. The van der Waals surface area contributed by atoms with Crippen LogP contribution in [-0.4, -0.2) is 23.6 Å². The summed E-state index contributed by atoms with van der Waals surface area (Å²) in [5, 5.41) is 7.50. The third kappa shape index (κ3) is 5.62. The van der Waals surface area contributed by atoms with E-state index in [-0.39, 0.29) is 6.04 Å². The smallest absolute Gasteiger partial charge is 0.108 e. The van der Waals surface area contributed by atoms with Gasteiger partial charge in [0.25, 0.3) is 0 Å². The maximum Gasteiger partial charge on any atom is 0.108 e. The van der Waals surface area contributed by atoms with Gasteiger partial charge in [0.1, 0.15) is 5.54 Å². The highest BCUT2D eigenvalue weighted by Crippen LogP contribution is 2.56. The summed E-state index contributed by atoms with van der Waals surface area (Å²) in [6.45, 7) is 0. The Labute approximate surface area is 288 Å². The number of nitrogens with one attached hydrogen (secondary N) is 3. The van der Waals surface area contributed by atoms with Crippen molar-refractivity contribution in [3.05, 3.63) is 227 Å². The van der Waals surface area contributed by atoms with Gasteiger partial charge in [-0.2, -0.15) is 0 Å². The van der Waals surface area contributed by atoms with E-state index in [9.17, 15) is 0 Å². The molecule has 4 heteroatoms. The van der Waals surface area contributed by atoms with Crippen molar-refractivity contribution in [1.29, 1.82) is 0 Å². The summed E-state index contributed by atoms with van der Waals surface area (Å²) in [4.78, 5) is 3.82. The Balaban J connectivity index is 1.36. The molecule has 5 aromatic rings. The van der Waals surface area contributed by atoms with Gasteiger partial charge < -0.3 is 21.4 Å². The summed E-state index contributed by atoms with van der Waals surface area (Å²) in [5.41, 5.74) is 20.7. The molecule has 3 heterocycles. The minimum atomic E-state index is -0.429. The van der Waals surface area contributed by atoms with Crippen LogP contribution < -0.4 is 16.4 Å². The van der Waals surface area contributed by atoms with E-state index in [2.05, 4.69) is 186 Å².